The van der Waals surface area contributed by atoms with Gasteiger partial charge < -0.3 is 10.2 Å². The van der Waals surface area contributed by atoms with Crippen molar-refractivity contribution in [1.82, 2.24) is 4.90 Å². The highest BCUT2D eigenvalue weighted by Gasteiger charge is 2.45. The number of likely N-dealkylation sites (tertiary alicyclic amines) is 1. The number of hydrogen-bond donors (Lipinski definition) is 1. The van der Waals surface area contributed by atoms with Gasteiger partial charge in [-0.15, -0.1) is 0 Å². The monoisotopic (exact) mass is 264 g/mol. The van der Waals surface area contributed by atoms with E-state index in [1.165, 1.54) is 12.8 Å². The molecule has 0 aromatic heterocycles. The summed E-state index contributed by atoms with van der Waals surface area (Å²) in [5, 5.41) is 3.47. The largest absolute Gasteiger partial charge is 0.324 e. The van der Waals surface area contributed by atoms with Gasteiger partial charge in [-0.2, -0.15) is 0 Å². The smallest absolute Gasteiger partial charge is 0.321 e. The Hall–Kier alpha value is -1.22. The highest BCUT2D eigenvalue weighted by Crippen LogP contribution is 2.53. The highest BCUT2D eigenvalue weighted by molar-refractivity contribution is 6.33. The summed E-state index contributed by atoms with van der Waals surface area (Å²) in [6.07, 6.45) is 5.02. The number of urea groups is 1. The molecule has 1 saturated carbocycles. The number of nitrogens with zero attached hydrogens (tertiary/aromatic N) is 1. The number of anilines is 1. The number of rotatable bonds is 1. The standard InChI is InChI=1S/C14H17ClN2O/c15-11-3-1-2-4-12(11)16-13(18)17-9-7-14(5-6-14)8-10-17/h1-4H,5-10H2,(H,16,18). The molecule has 1 N–H and O–H groups in total. The van der Waals surface area contributed by atoms with Gasteiger partial charge in [0.2, 0.25) is 0 Å². The Labute approximate surface area is 112 Å². The second-order valence-electron chi connectivity index (χ2n) is 5.40. The van der Waals surface area contributed by atoms with Crippen LogP contribution in [0, 0.1) is 5.41 Å². The number of carbonyl (C=O) groups excluding carboxylic acids is 1. The molecule has 1 aliphatic heterocycles. The second-order valence-corrected chi connectivity index (χ2v) is 5.80. The summed E-state index contributed by atoms with van der Waals surface area (Å²) in [6.45, 7) is 1.74. The fourth-order valence-electron chi connectivity index (χ4n) is 2.62. The molecule has 3 nitrogen and oxygen atoms in total. The van der Waals surface area contributed by atoms with Crippen molar-refractivity contribution >= 4 is 23.3 Å². The third-order valence-corrected chi connectivity index (χ3v) is 4.51. The van der Waals surface area contributed by atoms with Crippen LogP contribution in [-0.4, -0.2) is 24.0 Å². The summed E-state index contributed by atoms with van der Waals surface area (Å²) in [5.41, 5.74) is 1.29. The molecule has 2 amide bonds. The van der Waals surface area contributed by atoms with E-state index in [0.717, 1.165) is 25.9 Å². The van der Waals surface area contributed by atoms with E-state index in [-0.39, 0.29) is 6.03 Å². The van der Waals surface area contributed by atoms with Crippen molar-refractivity contribution < 1.29 is 4.79 Å². The van der Waals surface area contributed by atoms with Gasteiger partial charge in [0.15, 0.2) is 0 Å². The zero-order chi connectivity index (χ0) is 12.6. The van der Waals surface area contributed by atoms with Crippen LogP contribution in [-0.2, 0) is 0 Å². The van der Waals surface area contributed by atoms with Gasteiger partial charge in [0.1, 0.15) is 0 Å². The topological polar surface area (TPSA) is 32.3 Å². The van der Waals surface area contributed by atoms with Gasteiger partial charge in [-0.3, -0.25) is 0 Å². The Kier molecular flexibility index (Phi) is 2.94. The Morgan fingerprint density at radius 3 is 2.44 bits per heavy atom. The first kappa shape index (κ1) is 11.8. The number of piperidine rings is 1. The third kappa shape index (κ3) is 2.32. The van der Waals surface area contributed by atoms with Gasteiger partial charge in [0, 0.05) is 13.1 Å². The van der Waals surface area contributed by atoms with Crippen molar-refractivity contribution in [2.24, 2.45) is 5.41 Å². The first-order chi connectivity index (χ1) is 8.69. The van der Waals surface area contributed by atoms with Crippen molar-refractivity contribution in [3.05, 3.63) is 29.3 Å². The molecule has 1 aromatic carbocycles. The molecule has 1 aliphatic carbocycles. The molecule has 1 saturated heterocycles. The average molecular weight is 265 g/mol. The predicted molar refractivity (Wildman–Crippen MR) is 72.9 cm³/mol. The number of carbonyl (C=O) groups is 1. The normalized spacial score (nSPS) is 20.8. The minimum atomic E-state index is -0.0291. The van der Waals surface area contributed by atoms with Crippen molar-refractivity contribution in [3.63, 3.8) is 0 Å². The Morgan fingerprint density at radius 1 is 1.17 bits per heavy atom. The lowest BCUT2D eigenvalue weighted by molar-refractivity contribution is 0.176. The molecule has 1 spiro atoms. The van der Waals surface area contributed by atoms with Crippen molar-refractivity contribution in [2.45, 2.75) is 25.7 Å². The lowest BCUT2D eigenvalue weighted by Gasteiger charge is -2.32. The minimum Gasteiger partial charge on any atom is -0.324 e. The number of benzene rings is 1. The summed E-state index contributed by atoms with van der Waals surface area (Å²) < 4.78 is 0. The zero-order valence-electron chi connectivity index (χ0n) is 10.3. The molecular formula is C14H17ClN2O. The van der Waals surface area contributed by atoms with E-state index in [2.05, 4.69) is 5.32 Å². The molecule has 0 unspecified atom stereocenters. The maximum absolute atomic E-state index is 12.1. The molecule has 1 aromatic rings. The van der Waals surface area contributed by atoms with Gasteiger partial charge in [-0.05, 0) is 43.2 Å². The summed E-state index contributed by atoms with van der Waals surface area (Å²) in [5.74, 6) is 0. The Morgan fingerprint density at radius 2 is 1.83 bits per heavy atom. The summed E-state index contributed by atoms with van der Waals surface area (Å²) in [6, 6.07) is 7.31. The summed E-state index contributed by atoms with van der Waals surface area (Å²) >= 11 is 6.03. The van der Waals surface area contributed by atoms with Crippen LogP contribution in [0.5, 0.6) is 0 Å². The lowest BCUT2D eigenvalue weighted by atomic mass is 9.94. The van der Waals surface area contributed by atoms with Crippen LogP contribution in [0.4, 0.5) is 10.5 Å². The fourth-order valence-corrected chi connectivity index (χ4v) is 2.80. The van der Waals surface area contributed by atoms with E-state index in [4.69, 9.17) is 11.6 Å². The van der Waals surface area contributed by atoms with Crippen LogP contribution in [0.15, 0.2) is 24.3 Å². The van der Waals surface area contributed by atoms with E-state index in [0.29, 0.717) is 16.1 Å². The molecule has 0 atom stereocenters. The van der Waals surface area contributed by atoms with Crippen LogP contribution < -0.4 is 5.32 Å². The maximum atomic E-state index is 12.1. The van der Waals surface area contributed by atoms with E-state index in [1.54, 1.807) is 6.07 Å². The lowest BCUT2D eigenvalue weighted by Crippen LogP contribution is -2.41. The SMILES string of the molecule is O=C(Nc1ccccc1Cl)N1CCC2(CC1)CC2. The van der Waals surface area contributed by atoms with Crippen molar-refractivity contribution in [3.8, 4) is 0 Å². The minimum absolute atomic E-state index is 0.0291. The van der Waals surface area contributed by atoms with E-state index < -0.39 is 0 Å². The predicted octanol–water partition coefficient (Wildman–Crippen LogP) is 3.75. The van der Waals surface area contributed by atoms with E-state index >= 15 is 0 Å². The van der Waals surface area contributed by atoms with Gasteiger partial charge in [-0.25, -0.2) is 4.79 Å². The van der Waals surface area contributed by atoms with E-state index in [9.17, 15) is 4.79 Å². The number of nitrogens with one attached hydrogen (secondary N) is 1. The number of hydrogen-bond acceptors (Lipinski definition) is 1. The average Bonchev–Trinajstić information content (AvgIpc) is 3.12. The Bertz CT molecular complexity index is 461. The first-order valence-electron chi connectivity index (χ1n) is 6.49. The number of para-hydroxylation sites is 1. The molecule has 4 heteroatoms. The van der Waals surface area contributed by atoms with Gasteiger partial charge in [0.25, 0.3) is 0 Å². The molecule has 1 heterocycles. The highest BCUT2D eigenvalue weighted by atomic mass is 35.5. The first-order valence-corrected chi connectivity index (χ1v) is 6.87. The summed E-state index contributed by atoms with van der Waals surface area (Å²) in [4.78, 5) is 14.0. The molecular weight excluding hydrogens is 248 g/mol. The third-order valence-electron chi connectivity index (χ3n) is 4.18. The second kappa shape index (κ2) is 4.47. The molecule has 18 heavy (non-hydrogen) atoms. The number of amides is 2. The fraction of sp³-hybridized carbons (Fsp3) is 0.500. The van der Waals surface area contributed by atoms with Crippen LogP contribution in [0.3, 0.4) is 0 Å². The zero-order valence-corrected chi connectivity index (χ0v) is 11.0. The molecule has 2 fully saturated rings. The molecule has 3 rings (SSSR count). The quantitative estimate of drug-likeness (QED) is 0.823. The van der Waals surface area contributed by atoms with Gasteiger partial charge in [-0.1, -0.05) is 23.7 Å². The molecule has 2 aliphatic rings. The maximum Gasteiger partial charge on any atom is 0.321 e. The Balaban J connectivity index is 1.60. The van der Waals surface area contributed by atoms with Gasteiger partial charge >= 0.3 is 6.03 Å². The van der Waals surface area contributed by atoms with Crippen molar-refractivity contribution in [1.29, 1.82) is 0 Å². The molecule has 0 bridgehead atoms. The van der Waals surface area contributed by atoms with E-state index in [1.807, 2.05) is 23.1 Å². The molecule has 0 radical (unpaired) electrons. The van der Waals surface area contributed by atoms with Crippen LogP contribution in [0.1, 0.15) is 25.7 Å². The summed E-state index contributed by atoms with van der Waals surface area (Å²) in [7, 11) is 0. The van der Waals surface area contributed by atoms with Crippen LogP contribution >= 0.6 is 11.6 Å². The van der Waals surface area contributed by atoms with Crippen LogP contribution in [0.25, 0.3) is 0 Å². The molecule has 96 valence electrons. The number of halogens is 1. The van der Waals surface area contributed by atoms with Crippen LogP contribution in [0.2, 0.25) is 5.02 Å². The van der Waals surface area contributed by atoms with Gasteiger partial charge in [0.05, 0.1) is 10.7 Å². The van der Waals surface area contributed by atoms with Crippen molar-refractivity contribution in [2.75, 3.05) is 18.4 Å².